The first-order valence-electron chi connectivity index (χ1n) is 8.13. The fourth-order valence-corrected chi connectivity index (χ4v) is 4.40. The van der Waals surface area contributed by atoms with Gasteiger partial charge in [0.25, 0.3) is 0 Å². The summed E-state index contributed by atoms with van der Waals surface area (Å²) in [4.78, 5) is 6.45. The number of halogens is 1. The zero-order chi connectivity index (χ0) is 16.3. The van der Waals surface area contributed by atoms with Gasteiger partial charge < -0.3 is 11.1 Å². The summed E-state index contributed by atoms with van der Waals surface area (Å²) in [6.45, 7) is 2.50. The quantitative estimate of drug-likeness (QED) is 0.398. The molecule has 1 aromatic carbocycles. The fourth-order valence-electron chi connectivity index (χ4n) is 3.12. The zero-order valence-corrected chi connectivity index (χ0v) is 16.8. The van der Waals surface area contributed by atoms with Crippen molar-refractivity contribution in [1.29, 1.82) is 0 Å². The second-order valence-electron chi connectivity index (χ2n) is 6.22. The van der Waals surface area contributed by atoms with Gasteiger partial charge in [0, 0.05) is 25.3 Å². The molecule has 0 saturated carbocycles. The van der Waals surface area contributed by atoms with Gasteiger partial charge in [0.15, 0.2) is 15.8 Å². The van der Waals surface area contributed by atoms with Gasteiger partial charge in [-0.3, -0.25) is 9.89 Å². The molecular formula is C16H25IN4O2S. The fraction of sp³-hybridized carbons (Fsp3) is 0.562. The second-order valence-corrected chi connectivity index (χ2v) is 8.53. The van der Waals surface area contributed by atoms with Crippen molar-refractivity contribution >= 4 is 45.5 Å². The minimum atomic E-state index is -2.82. The number of benzene rings is 1. The van der Waals surface area contributed by atoms with Crippen molar-refractivity contribution in [2.24, 2.45) is 10.7 Å². The number of nitrogens with two attached hydrogens (primary N) is 1. The molecule has 0 atom stereocenters. The molecule has 0 aromatic heterocycles. The molecule has 6 nitrogen and oxygen atoms in total. The number of anilines is 1. The highest BCUT2D eigenvalue weighted by atomic mass is 127. The lowest BCUT2D eigenvalue weighted by atomic mass is 10.1. The summed E-state index contributed by atoms with van der Waals surface area (Å²) in [5.41, 5.74) is 9.75. The lowest BCUT2D eigenvalue weighted by molar-refractivity contribution is 0.304. The van der Waals surface area contributed by atoms with Crippen molar-refractivity contribution in [3.05, 3.63) is 29.3 Å². The Labute approximate surface area is 160 Å². The molecule has 1 aromatic rings. The molecule has 0 radical (unpaired) electrons. The van der Waals surface area contributed by atoms with Crippen molar-refractivity contribution in [2.45, 2.75) is 19.3 Å². The number of hydrogen-bond acceptors (Lipinski definition) is 4. The van der Waals surface area contributed by atoms with Crippen LogP contribution < -0.4 is 11.1 Å². The topological polar surface area (TPSA) is 87.8 Å². The molecule has 3 N–H and O–H groups in total. The summed E-state index contributed by atoms with van der Waals surface area (Å²) in [5.74, 6) is 0.909. The summed E-state index contributed by atoms with van der Waals surface area (Å²) in [5, 5.41) is 3.14. The summed E-state index contributed by atoms with van der Waals surface area (Å²) in [6.07, 6.45) is 3.54. The van der Waals surface area contributed by atoms with E-state index in [9.17, 15) is 8.42 Å². The van der Waals surface area contributed by atoms with Crippen molar-refractivity contribution in [2.75, 3.05) is 43.0 Å². The van der Waals surface area contributed by atoms with E-state index in [1.807, 2.05) is 6.07 Å². The van der Waals surface area contributed by atoms with Gasteiger partial charge in [-0.1, -0.05) is 6.07 Å². The Hall–Kier alpha value is -0.870. The van der Waals surface area contributed by atoms with Crippen LogP contribution in [0.3, 0.4) is 0 Å². The molecule has 3 rings (SSSR count). The lowest BCUT2D eigenvalue weighted by Gasteiger charge is -2.25. The molecular weight excluding hydrogens is 439 g/mol. The average Bonchev–Trinajstić information content (AvgIpc) is 2.96. The summed E-state index contributed by atoms with van der Waals surface area (Å²) >= 11 is 0. The maximum Gasteiger partial charge on any atom is 0.193 e. The second kappa shape index (κ2) is 8.48. The highest BCUT2D eigenvalue weighted by Gasteiger charge is 2.20. The standard InChI is InChI=1S/C16H24N4O2S.HI/c17-16(18-6-7-20-8-10-23(21,22)11-9-20)19-15-5-4-13-2-1-3-14(13)12-15;/h4-5,12H,1-3,6-11H2,(H3,17,18,19);1H. The van der Waals surface area contributed by atoms with Gasteiger partial charge in [-0.05, 0) is 42.5 Å². The van der Waals surface area contributed by atoms with E-state index in [4.69, 9.17) is 5.73 Å². The van der Waals surface area contributed by atoms with Crippen LogP contribution in [0, 0.1) is 0 Å². The van der Waals surface area contributed by atoms with Crippen LogP contribution in [0.2, 0.25) is 0 Å². The molecule has 134 valence electrons. The van der Waals surface area contributed by atoms with Gasteiger partial charge in [0.2, 0.25) is 0 Å². The van der Waals surface area contributed by atoms with Crippen LogP contribution in [0.15, 0.2) is 23.2 Å². The molecule has 0 amide bonds. The molecule has 1 aliphatic carbocycles. The maximum atomic E-state index is 11.4. The number of nitrogens with zero attached hydrogens (tertiary/aromatic N) is 2. The van der Waals surface area contributed by atoms with Crippen molar-refractivity contribution in [1.82, 2.24) is 4.90 Å². The molecule has 1 fully saturated rings. The summed E-state index contributed by atoms with van der Waals surface area (Å²) in [7, 11) is -2.82. The number of fused-ring (bicyclic) bond motifs is 1. The molecule has 2 aliphatic rings. The smallest absolute Gasteiger partial charge is 0.193 e. The van der Waals surface area contributed by atoms with Gasteiger partial charge in [-0.25, -0.2) is 8.42 Å². The van der Waals surface area contributed by atoms with Crippen LogP contribution in [0.5, 0.6) is 0 Å². The van der Waals surface area contributed by atoms with Gasteiger partial charge in [-0.15, -0.1) is 24.0 Å². The Balaban J connectivity index is 0.00000208. The monoisotopic (exact) mass is 464 g/mol. The summed E-state index contributed by atoms with van der Waals surface area (Å²) in [6, 6.07) is 6.36. The molecule has 0 bridgehead atoms. The number of hydrogen-bond donors (Lipinski definition) is 2. The predicted octanol–water partition coefficient (Wildman–Crippen LogP) is 1.25. The first-order chi connectivity index (χ1) is 11.0. The summed E-state index contributed by atoms with van der Waals surface area (Å²) < 4.78 is 22.8. The largest absolute Gasteiger partial charge is 0.370 e. The molecule has 1 saturated heterocycles. The Bertz CT molecular complexity index is 692. The van der Waals surface area contributed by atoms with E-state index in [2.05, 4.69) is 27.3 Å². The van der Waals surface area contributed by atoms with E-state index in [-0.39, 0.29) is 35.5 Å². The van der Waals surface area contributed by atoms with Crippen LogP contribution in [-0.4, -0.2) is 57.0 Å². The number of aliphatic imine (C=N–C) groups is 1. The van der Waals surface area contributed by atoms with Gasteiger partial charge in [-0.2, -0.15) is 0 Å². The highest BCUT2D eigenvalue weighted by molar-refractivity contribution is 14.0. The van der Waals surface area contributed by atoms with Crippen LogP contribution in [-0.2, 0) is 22.7 Å². The van der Waals surface area contributed by atoms with Crippen LogP contribution in [0.1, 0.15) is 17.5 Å². The molecule has 0 unspecified atom stereocenters. The van der Waals surface area contributed by atoms with Crippen molar-refractivity contribution in [3.63, 3.8) is 0 Å². The van der Waals surface area contributed by atoms with Crippen LogP contribution in [0.25, 0.3) is 0 Å². The Morgan fingerprint density at radius 2 is 1.92 bits per heavy atom. The zero-order valence-electron chi connectivity index (χ0n) is 13.7. The number of guanidine groups is 1. The third-order valence-corrected chi connectivity index (χ3v) is 6.12. The Morgan fingerprint density at radius 1 is 1.21 bits per heavy atom. The van der Waals surface area contributed by atoms with Crippen LogP contribution >= 0.6 is 24.0 Å². The number of nitrogens with one attached hydrogen (secondary N) is 1. The van der Waals surface area contributed by atoms with Gasteiger partial charge in [0.05, 0.1) is 18.1 Å². The maximum absolute atomic E-state index is 11.4. The van der Waals surface area contributed by atoms with E-state index < -0.39 is 9.84 Å². The van der Waals surface area contributed by atoms with E-state index in [1.165, 1.54) is 24.0 Å². The van der Waals surface area contributed by atoms with E-state index in [1.54, 1.807) is 0 Å². The number of sulfone groups is 1. The highest BCUT2D eigenvalue weighted by Crippen LogP contribution is 2.24. The molecule has 0 spiro atoms. The van der Waals surface area contributed by atoms with E-state index in [0.717, 1.165) is 18.7 Å². The van der Waals surface area contributed by atoms with Crippen molar-refractivity contribution < 1.29 is 8.42 Å². The first-order valence-corrected chi connectivity index (χ1v) is 9.95. The predicted molar refractivity (Wildman–Crippen MR) is 109 cm³/mol. The number of rotatable bonds is 4. The lowest BCUT2D eigenvalue weighted by Crippen LogP contribution is -2.41. The molecule has 1 heterocycles. The third-order valence-electron chi connectivity index (χ3n) is 4.51. The number of aryl methyl sites for hydroxylation is 2. The van der Waals surface area contributed by atoms with Gasteiger partial charge >= 0.3 is 0 Å². The Morgan fingerprint density at radius 3 is 2.67 bits per heavy atom. The van der Waals surface area contributed by atoms with E-state index >= 15 is 0 Å². The van der Waals surface area contributed by atoms with E-state index in [0.29, 0.717) is 25.6 Å². The normalized spacial score (nSPS) is 20.2. The van der Waals surface area contributed by atoms with Crippen molar-refractivity contribution in [3.8, 4) is 0 Å². The first kappa shape index (κ1) is 19.5. The Kier molecular flexibility index (Phi) is 6.88. The minimum Gasteiger partial charge on any atom is -0.370 e. The van der Waals surface area contributed by atoms with Gasteiger partial charge in [0.1, 0.15) is 0 Å². The minimum absolute atomic E-state index is 0. The van der Waals surface area contributed by atoms with Crippen LogP contribution in [0.4, 0.5) is 5.69 Å². The third kappa shape index (κ3) is 5.32. The molecule has 1 aliphatic heterocycles. The molecule has 24 heavy (non-hydrogen) atoms. The molecule has 8 heteroatoms. The average molecular weight is 464 g/mol. The SMILES string of the molecule is I.NC(=NCCN1CCS(=O)(=O)CC1)Nc1ccc2c(c1)CCC2.